The van der Waals surface area contributed by atoms with E-state index in [1.807, 2.05) is 18.2 Å². The Morgan fingerprint density at radius 2 is 2.20 bits per heavy atom. The lowest BCUT2D eigenvalue weighted by Crippen LogP contribution is -2.35. The molecular weight excluding hydrogens is 320 g/mol. The third kappa shape index (κ3) is 3.29. The van der Waals surface area contributed by atoms with Gasteiger partial charge in [0.05, 0.1) is 33.5 Å². The third-order valence-corrected chi connectivity index (χ3v) is 5.09. The molecule has 7 nitrogen and oxygen atoms in total. The van der Waals surface area contributed by atoms with E-state index in [1.165, 1.54) is 0 Å². The molecule has 0 aromatic carbocycles. The number of pyridine rings is 1. The zero-order valence-electron chi connectivity index (χ0n) is 14.3. The van der Waals surface area contributed by atoms with Crippen LogP contribution in [0.25, 0.3) is 0 Å². The fourth-order valence-corrected chi connectivity index (χ4v) is 3.68. The van der Waals surface area contributed by atoms with Crippen LogP contribution in [0.2, 0.25) is 0 Å². The lowest BCUT2D eigenvalue weighted by Gasteiger charge is -2.27. The van der Waals surface area contributed by atoms with E-state index in [-0.39, 0.29) is 5.41 Å². The van der Waals surface area contributed by atoms with Crippen LogP contribution >= 0.6 is 0 Å². The number of fused-ring (bicyclic) bond motifs is 1. The van der Waals surface area contributed by atoms with Crippen molar-refractivity contribution in [1.82, 2.24) is 15.0 Å². The Balaban J connectivity index is 1.43. The third-order valence-electron chi connectivity index (χ3n) is 5.09. The molecule has 7 heteroatoms. The number of rotatable bonds is 6. The number of aromatic nitrogens is 3. The maximum Gasteiger partial charge on any atom is 0.218 e. The molecule has 2 aliphatic heterocycles. The van der Waals surface area contributed by atoms with Crippen molar-refractivity contribution >= 4 is 5.82 Å². The van der Waals surface area contributed by atoms with Crippen LogP contribution in [0, 0.1) is 11.3 Å². The number of nitrogens with zero attached hydrogens (tertiary/aromatic N) is 4. The molecule has 0 unspecified atom stereocenters. The summed E-state index contributed by atoms with van der Waals surface area (Å²) < 4.78 is 17.0. The molecule has 25 heavy (non-hydrogen) atoms. The number of methoxy groups -OCH3 is 1. The van der Waals surface area contributed by atoms with Gasteiger partial charge in [0, 0.05) is 42.9 Å². The van der Waals surface area contributed by atoms with Crippen molar-refractivity contribution in [2.45, 2.75) is 6.61 Å². The van der Waals surface area contributed by atoms with E-state index >= 15 is 0 Å². The highest BCUT2D eigenvalue weighted by molar-refractivity contribution is 5.43. The Kier molecular flexibility index (Phi) is 4.50. The Morgan fingerprint density at radius 3 is 3.04 bits per heavy atom. The topological polar surface area (TPSA) is 69.6 Å². The van der Waals surface area contributed by atoms with Crippen molar-refractivity contribution in [2.24, 2.45) is 11.3 Å². The Morgan fingerprint density at radius 1 is 1.32 bits per heavy atom. The van der Waals surface area contributed by atoms with Gasteiger partial charge in [-0.1, -0.05) is 0 Å². The lowest BCUT2D eigenvalue weighted by atomic mass is 9.82. The minimum Gasteiger partial charge on any atom is -0.481 e. The maximum absolute atomic E-state index is 6.05. The van der Waals surface area contributed by atoms with Crippen molar-refractivity contribution in [2.75, 3.05) is 44.9 Å². The minimum atomic E-state index is 0.0191. The smallest absolute Gasteiger partial charge is 0.218 e. The van der Waals surface area contributed by atoms with Crippen molar-refractivity contribution in [1.29, 1.82) is 0 Å². The van der Waals surface area contributed by atoms with Gasteiger partial charge in [-0.05, 0) is 17.7 Å². The van der Waals surface area contributed by atoms with E-state index < -0.39 is 0 Å². The van der Waals surface area contributed by atoms with Gasteiger partial charge in [0.2, 0.25) is 5.88 Å². The number of anilines is 1. The zero-order chi connectivity index (χ0) is 17.1. The molecule has 2 saturated heterocycles. The van der Waals surface area contributed by atoms with Gasteiger partial charge in [-0.2, -0.15) is 0 Å². The SMILES string of the molecule is COc1cc(N2C[C@@H]3COC[C@]3(COCc3ccncc3)C2)ncn1. The summed E-state index contributed by atoms with van der Waals surface area (Å²) in [6, 6.07) is 5.84. The van der Waals surface area contributed by atoms with Gasteiger partial charge in [0.25, 0.3) is 0 Å². The number of hydrogen-bond donors (Lipinski definition) is 0. The number of ether oxygens (including phenoxy) is 3. The minimum absolute atomic E-state index is 0.0191. The highest BCUT2D eigenvalue weighted by Crippen LogP contribution is 2.43. The lowest BCUT2D eigenvalue weighted by molar-refractivity contribution is 0.0263. The molecule has 0 bridgehead atoms. The molecule has 0 aliphatic carbocycles. The second-order valence-corrected chi connectivity index (χ2v) is 6.72. The normalized spacial score (nSPS) is 25.2. The van der Waals surface area contributed by atoms with Crippen LogP contribution in [-0.2, 0) is 16.1 Å². The fraction of sp³-hybridized carbons (Fsp3) is 0.500. The quantitative estimate of drug-likeness (QED) is 0.789. The largest absolute Gasteiger partial charge is 0.481 e. The fourth-order valence-electron chi connectivity index (χ4n) is 3.68. The summed E-state index contributed by atoms with van der Waals surface area (Å²) in [5.41, 5.74) is 1.16. The van der Waals surface area contributed by atoms with Crippen LogP contribution in [0.15, 0.2) is 36.9 Å². The molecule has 2 aromatic rings. The first-order valence-corrected chi connectivity index (χ1v) is 8.44. The van der Waals surface area contributed by atoms with Gasteiger partial charge >= 0.3 is 0 Å². The molecule has 0 amide bonds. The molecular formula is C18H22N4O3. The first-order chi connectivity index (χ1) is 12.3. The van der Waals surface area contributed by atoms with Crippen molar-refractivity contribution in [3.8, 4) is 5.88 Å². The molecule has 0 radical (unpaired) electrons. The van der Waals surface area contributed by atoms with Gasteiger partial charge in [-0.15, -0.1) is 0 Å². The van der Waals surface area contributed by atoms with E-state index in [0.29, 0.717) is 25.0 Å². The van der Waals surface area contributed by atoms with Crippen LogP contribution < -0.4 is 9.64 Å². The van der Waals surface area contributed by atoms with Crippen LogP contribution in [-0.4, -0.2) is 55.0 Å². The highest BCUT2D eigenvalue weighted by Gasteiger charge is 2.51. The predicted molar refractivity (Wildman–Crippen MR) is 91.4 cm³/mol. The summed E-state index contributed by atoms with van der Waals surface area (Å²) in [5.74, 6) is 1.93. The second-order valence-electron chi connectivity index (χ2n) is 6.72. The summed E-state index contributed by atoms with van der Waals surface area (Å²) >= 11 is 0. The van der Waals surface area contributed by atoms with Crippen LogP contribution in [0.1, 0.15) is 5.56 Å². The summed E-state index contributed by atoms with van der Waals surface area (Å²) in [6.07, 6.45) is 5.13. The number of hydrogen-bond acceptors (Lipinski definition) is 7. The monoisotopic (exact) mass is 342 g/mol. The molecule has 2 atom stereocenters. The standard InChI is InChI=1S/C18H22N4O3/c1-23-17-6-16(20-13-21-17)22-7-15-9-25-12-18(15,10-22)11-24-8-14-2-4-19-5-3-14/h2-6,13,15H,7-12H2,1H3/t15-,18-/m1/s1. The molecule has 0 spiro atoms. The van der Waals surface area contributed by atoms with Crippen molar-refractivity contribution in [3.05, 3.63) is 42.5 Å². The molecule has 4 heterocycles. The molecule has 0 N–H and O–H groups in total. The van der Waals surface area contributed by atoms with Gasteiger partial charge in [-0.25, -0.2) is 9.97 Å². The van der Waals surface area contributed by atoms with Gasteiger partial charge in [0.15, 0.2) is 0 Å². The first kappa shape index (κ1) is 16.2. The molecule has 0 saturated carbocycles. The first-order valence-electron chi connectivity index (χ1n) is 8.44. The van der Waals surface area contributed by atoms with Crippen LogP contribution in [0.4, 0.5) is 5.82 Å². The second kappa shape index (κ2) is 6.93. The Labute approximate surface area is 147 Å². The average Bonchev–Trinajstić information content (AvgIpc) is 3.20. The molecule has 4 rings (SSSR count). The van der Waals surface area contributed by atoms with Gasteiger partial charge < -0.3 is 19.1 Å². The van der Waals surface area contributed by atoms with E-state index in [4.69, 9.17) is 14.2 Å². The summed E-state index contributed by atoms with van der Waals surface area (Å²) in [4.78, 5) is 14.8. The highest BCUT2D eigenvalue weighted by atomic mass is 16.5. The Bertz CT molecular complexity index is 714. The summed E-state index contributed by atoms with van der Waals surface area (Å²) in [6.45, 7) is 4.56. The molecule has 2 aromatic heterocycles. The predicted octanol–water partition coefficient (Wildman–Crippen LogP) is 1.55. The summed E-state index contributed by atoms with van der Waals surface area (Å²) in [5, 5.41) is 0. The van der Waals surface area contributed by atoms with Crippen molar-refractivity contribution < 1.29 is 14.2 Å². The average molecular weight is 342 g/mol. The molecule has 2 aliphatic rings. The maximum atomic E-state index is 6.05. The Hall–Kier alpha value is -2.25. The summed E-state index contributed by atoms with van der Waals surface area (Å²) in [7, 11) is 1.62. The van der Waals surface area contributed by atoms with Gasteiger partial charge in [-0.3, -0.25) is 4.98 Å². The van der Waals surface area contributed by atoms with Crippen LogP contribution in [0.3, 0.4) is 0 Å². The molecule has 2 fully saturated rings. The van der Waals surface area contributed by atoms with Gasteiger partial charge in [0.1, 0.15) is 12.1 Å². The van der Waals surface area contributed by atoms with E-state index in [0.717, 1.165) is 37.7 Å². The van der Waals surface area contributed by atoms with Crippen molar-refractivity contribution in [3.63, 3.8) is 0 Å². The van der Waals surface area contributed by atoms with E-state index in [9.17, 15) is 0 Å². The van der Waals surface area contributed by atoms with E-state index in [1.54, 1.807) is 25.8 Å². The van der Waals surface area contributed by atoms with E-state index in [2.05, 4.69) is 19.9 Å². The molecule has 132 valence electrons. The van der Waals surface area contributed by atoms with Crippen LogP contribution in [0.5, 0.6) is 5.88 Å². The zero-order valence-corrected chi connectivity index (χ0v) is 14.3.